The van der Waals surface area contributed by atoms with Crippen molar-refractivity contribution < 1.29 is 4.79 Å². The average Bonchev–Trinajstić information content (AvgIpc) is 2.14. The van der Waals surface area contributed by atoms with Crippen molar-refractivity contribution in [1.82, 2.24) is 5.32 Å². The highest BCUT2D eigenvalue weighted by atomic mass is 16.1. The molecule has 0 atom stereocenters. The van der Waals surface area contributed by atoms with Crippen molar-refractivity contribution in [1.29, 1.82) is 0 Å². The Labute approximate surface area is 101 Å². The Morgan fingerprint density at radius 2 is 1.88 bits per heavy atom. The third-order valence-corrected chi connectivity index (χ3v) is 2.51. The highest BCUT2D eigenvalue weighted by molar-refractivity contribution is 5.94. The van der Waals surface area contributed by atoms with Gasteiger partial charge in [-0.2, -0.15) is 0 Å². The normalized spacial score (nSPS) is 13.1. The van der Waals surface area contributed by atoms with Gasteiger partial charge in [-0.25, -0.2) is 0 Å². The van der Waals surface area contributed by atoms with Gasteiger partial charge in [0, 0.05) is 23.7 Å². The maximum absolute atomic E-state index is 11.9. The van der Waals surface area contributed by atoms with E-state index in [4.69, 9.17) is 0 Å². The Kier molecular flexibility index (Phi) is 6.39. The van der Waals surface area contributed by atoms with E-state index in [2.05, 4.69) is 26.1 Å². The molecular formula is C14H27NO. The van der Waals surface area contributed by atoms with Gasteiger partial charge in [0.05, 0.1) is 0 Å². The van der Waals surface area contributed by atoms with E-state index in [0.29, 0.717) is 5.92 Å². The molecule has 1 N–H and O–H groups in total. The molecule has 0 rings (SSSR count). The number of ketones is 1. The molecule has 0 unspecified atom stereocenters. The van der Waals surface area contributed by atoms with Gasteiger partial charge in [-0.05, 0) is 12.3 Å². The van der Waals surface area contributed by atoms with E-state index in [9.17, 15) is 4.79 Å². The summed E-state index contributed by atoms with van der Waals surface area (Å²) in [5.41, 5.74) is 0.778. The lowest BCUT2D eigenvalue weighted by Gasteiger charge is -2.18. The smallest absolute Gasteiger partial charge is 0.162 e. The van der Waals surface area contributed by atoms with Gasteiger partial charge in [-0.1, -0.05) is 48.0 Å². The summed E-state index contributed by atoms with van der Waals surface area (Å²) in [7, 11) is 0. The van der Waals surface area contributed by atoms with Gasteiger partial charge in [0.1, 0.15) is 0 Å². The molecule has 0 saturated heterocycles. The van der Waals surface area contributed by atoms with E-state index in [1.165, 1.54) is 6.42 Å². The van der Waals surface area contributed by atoms with Gasteiger partial charge >= 0.3 is 0 Å². The predicted octanol–water partition coefficient (Wildman–Crippen LogP) is 3.53. The fourth-order valence-corrected chi connectivity index (χ4v) is 1.19. The number of unbranched alkanes of at least 4 members (excludes halogenated alkanes) is 1. The van der Waals surface area contributed by atoms with Crippen molar-refractivity contribution in [2.75, 3.05) is 6.54 Å². The minimum absolute atomic E-state index is 0.195. The molecular weight excluding hydrogens is 198 g/mol. The van der Waals surface area contributed by atoms with Crippen LogP contribution in [0.3, 0.4) is 0 Å². The number of hydrogen-bond donors (Lipinski definition) is 1. The summed E-state index contributed by atoms with van der Waals surface area (Å²) in [6, 6.07) is 0. The number of rotatable bonds is 6. The van der Waals surface area contributed by atoms with Crippen LogP contribution in [-0.4, -0.2) is 12.3 Å². The minimum atomic E-state index is -0.285. The van der Waals surface area contributed by atoms with E-state index in [1.54, 1.807) is 6.08 Å². The van der Waals surface area contributed by atoms with E-state index in [-0.39, 0.29) is 11.2 Å². The first-order chi connectivity index (χ1) is 7.29. The molecule has 0 heterocycles. The number of carbonyl (C=O) groups is 1. The molecule has 0 saturated carbocycles. The van der Waals surface area contributed by atoms with Gasteiger partial charge in [-0.15, -0.1) is 0 Å². The Balaban J connectivity index is 4.53. The molecule has 0 aromatic carbocycles. The van der Waals surface area contributed by atoms with Crippen LogP contribution in [0.2, 0.25) is 0 Å². The van der Waals surface area contributed by atoms with Gasteiger partial charge in [0.25, 0.3) is 0 Å². The lowest BCUT2D eigenvalue weighted by Crippen LogP contribution is -2.24. The first-order valence-corrected chi connectivity index (χ1v) is 6.29. The average molecular weight is 225 g/mol. The van der Waals surface area contributed by atoms with Crippen LogP contribution in [0.25, 0.3) is 0 Å². The van der Waals surface area contributed by atoms with Gasteiger partial charge in [-0.3, -0.25) is 4.79 Å². The molecule has 0 aromatic heterocycles. The quantitative estimate of drug-likeness (QED) is 0.553. The maximum Gasteiger partial charge on any atom is 0.162 e. The number of allylic oxidation sites excluding steroid dienone is 2. The number of hydrogen-bond acceptors (Lipinski definition) is 2. The molecule has 2 heteroatoms. The molecule has 0 bridgehead atoms. The maximum atomic E-state index is 11.9. The third kappa shape index (κ3) is 5.94. The first kappa shape index (κ1) is 15.2. The lowest BCUT2D eigenvalue weighted by atomic mass is 9.89. The summed E-state index contributed by atoms with van der Waals surface area (Å²) in [6.45, 7) is 13.2. The van der Waals surface area contributed by atoms with E-state index in [1.807, 2.05) is 20.8 Å². The molecule has 2 nitrogen and oxygen atoms in total. The molecule has 0 aliphatic heterocycles. The summed E-state index contributed by atoms with van der Waals surface area (Å²) in [5, 5.41) is 3.36. The fraction of sp³-hybridized carbons (Fsp3) is 0.786. The third-order valence-electron chi connectivity index (χ3n) is 2.51. The molecule has 0 amide bonds. The number of carbonyl (C=O) groups excluding carboxylic acids is 1. The van der Waals surface area contributed by atoms with Crippen molar-refractivity contribution in [3.05, 3.63) is 11.8 Å². The SMILES string of the molecule is CCCCN/C(=C\C(=O)C(C)(C)C)C(C)C. The molecule has 94 valence electrons. The van der Waals surface area contributed by atoms with Crippen molar-refractivity contribution in [3.8, 4) is 0 Å². The standard InChI is InChI=1S/C14H27NO/c1-7-8-9-15-12(11(2)3)10-13(16)14(4,5)6/h10-11,15H,7-9H2,1-6H3/b12-10-. The summed E-state index contributed by atoms with van der Waals surface area (Å²) < 4.78 is 0. The van der Waals surface area contributed by atoms with Crippen LogP contribution in [0.4, 0.5) is 0 Å². The van der Waals surface area contributed by atoms with Crippen LogP contribution < -0.4 is 5.32 Å². The molecule has 0 radical (unpaired) electrons. The van der Waals surface area contributed by atoms with Crippen LogP contribution in [0.5, 0.6) is 0 Å². The summed E-state index contributed by atoms with van der Waals surface area (Å²) in [4.78, 5) is 11.9. The lowest BCUT2D eigenvalue weighted by molar-refractivity contribution is -0.121. The predicted molar refractivity (Wildman–Crippen MR) is 70.3 cm³/mol. The minimum Gasteiger partial charge on any atom is -0.388 e. The molecule has 0 aliphatic rings. The van der Waals surface area contributed by atoms with Gasteiger partial charge < -0.3 is 5.32 Å². The molecule has 16 heavy (non-hydrogen) atoms. The second-order valence-corrected chi connectivity index (χ2v) is 5.65. The Bertz CT molecular complexity index is 246. The molecule has 0 aromatic rings. The zero-order valence-electron chi connectivity index (χ0n) is 11.7. The molecule has 0 spiro atoms. The van der Waals surface area contributed by atoms with Gasteiger partial charge in [0.15, 0.2) is 5.78 Å². The second kappa shape index (κ2) is 6.72. The van der Waals surface area contributed by atoms with Crippen LogP contribution in [0.1, 0.15) is 54.4 Å². The van der Waals surface area contributed by atoms with Crippen molar-refractivity contribution in [2.45, 2.75) is 54.4 Å². The number of nitrogens with one attached hydrogen (secondary N) is 1. The second-order valence-electron chi connectivity index (χ2n) is 5.65. The van der Waals surface area contributed by atoms with Crippen molar-refractivity contribution >= 4 is 5.78 Å². The van der Waals surface area contributed by atoms with E-state index in [0.717, 1.165) is 18.7 Å². The molecule has 0 aliphatic carbocycles. The topological polar surface area (TPSA) is 29.1 Å². The largest absolute Gasteiger partial charge is 0.388 e. The highest BCUT2D eigenvalue weighted by Crippen LogP contribution is 2.17. The van der Waals surface area contributed by atoms with Crippen LogP contribution in [0.15, 0.2) is 11.8 Å². The monoisotopic (exact) mass is 225 g/mol. The highest BCUT2D eigenvalue weighted by Gasteiger charge is 2.20. The fourth-order valence-electron chi connectivity index (χ4n) is 1.19. The summed E-state index contributed by atoms with van der Waals surface area (Å²) >= 11 is 0. The van der Waals surface area contributed by atoms with Crippen LogP contribution in [-0.2, 0) is 4.79 Å². The van der Waals surface area contributed by atoms with Crippen LogP contribution in [0, 0.1) is 11.3 Å². The van der Waals surface area contributed by atoms with Crippen LogP contribution >= 0.6 is 0 Å². The Hall–Kier alpha value is -0.790. The summed E-state index contributed by atoms with van der Waals surface area (Å²) in [5.74, 6) is 0.573. The zero-order valence-corrected chi connectivity index (χ0v) is 11.7. The Morgan fingerprint density at radius 1 is 1.31 bits per heavy atom. The van der Waals surface area contributed by atoms with Crippen molar-refractivity contribution in [3.63, 3.8) is 0 Å². The van der Waals surface area contributed by atoms with Gasteiger partial charge in [0.2, 0.25) is 0 Å². The van der Waals surface area contributed by atoms with Crippen molar-refractivity contribution in [2.24, 2.45) is 11.3 Å². The summed E-state index contributed by atoms with van der Waals surface area (Å²) in [6.07, 6.45) is 4.10. The Morgan fingerprint density at radius 3 is 2.25 bits per heavy atom. The first-order valence-electron chi connectivity index (χ1n) is 6.29. The zero-order chi connectivity index (χ0) is 12.8. The molecule has 0 fully saturated rings. The van der Waals surface area contributed by atoms with E-state index < -0.39 is 0 Å². The van der Waals surface area contributed by atoms with E-state index >= 15 is 0 Å².